The number of aryl methyl sites for hydroxylation is 1. The Morgan fingerprint density at radius 3 is 2.53 bits per heavy atom. The van der Waals surface area contributed by atoms with Gasteiger partial charge in [-0.3, -0.25) is 0 Å². The molecule has 0 amide bonds. The zero-order valence-corrected chi connectivity index (χ0v) is 12.0. The van der Waals surface area contributed by atoms with Gasteiger partial charge >= 0.3 is 0 Å². The van der Waals surface area contributed by atoms with E-state index in [1.165, 1.54) is 6.07 Å². The molecule has 0 bridgehead atoms. The van der Waals surface area contributed by atoms with E-state index in [-0.39, 0.29) is 10.6 Å². The Morgan fingerprint density at radius 2 is 1.84 bits per heavy atom. The van der Waals surface area contributed by atoms with E-state index in [0.717, 1.165) is 5.56 Å². The monoisotopic (exact) mass is 295 g/mol. The summed E-state index contributed by atoms with van der Waals surface area (Å²) in [5.74, 6) is -0.110. The maximum Gasteiger partial charge on any atom is 0.184 e. The SMILES string of the molecule is Cc1cccc(S(=O)(=O)Cc2cccc(Cl)c2)c1N. The van der Waals surface area contributed by atoms with Crippen molar-refractivity contribution in [3.8, 4) is 0 Å². The van der Waals surface area contributed by atoms with Crippen LogP contribution in [-0.4, -0.2) is 8.42 Å². The van der Waals surface area contributed by atoms with Crippen LogP contribution in [0.3, 0.4) is 0 Å². The first-order valence-electron chi connectivity index (χ1n) is 5.72. The van der Waals surface area contributed by atoms with Crippen molar-refractivity contribution in [2.75, 3.05) is 5.73 Å². The van der Waals surface area contributed by atoms with Crippen LogP contribution in [0, 0.1) is 6.92 Å². The predicted molar refractivity (Wildman–Crippen MR) is 77.9 cm³/mol. The highest BCUT2D eigenvalue weighted by Crippen LogP contribution is 2.25. The van der Waals surface area contributed by atoms with Gasteiger partial charge in [0.25, 0.3) is 0 Å². The molecule has 0 heterocycles. The molecule has 0 radical (unpaired) electrons. The maximum absolute atomic E-state index is 12.4. The quantitative estimate of drug-likeness (QED) is 0.885. The van der Waals surface area contributed by atoms with E-state index < -0.39 is 9.84 Å². The lowest BCUT2D eigenvalue weighted by molar-refractivity contribution is 0.595. The molecule has 5 heteroatoms. The smallest absolute Gasteiger partial charge is 0.184 e. The largest absolute Gasteiger partial charge is 0.397 e. The van der Waals surface area contributed by atoms with Crippen molar-refractivity contribution < 1.29 is 8.42 Å². The summed E-state index contributed by atoms with van der Waals surface area (Å²) in [5, 5.41) is 0.518. The minimum Gasteiger partial charge on any atom is -0.397 e. The van der Waals surface area contributed by atoms with Crippen LogP contribution in [0.25, 0.3) is 0 Å². The fraction of sp³-hybridized carbons (Fsp3) is 0.143. The Labute approximate surface area is 117 Å². The molecule has 19 heavy (non-hydrogen) atoms. The molecular formula is C14H14ClNO2S. The lowest BCUT2D eigenvalue weighted by Crippen LogP contribution is -2.08. The normalized spacial score (nSPS) is 11.5. The standard InChI is InChI=1S/C14H14ClNO2S/c1-10-4-2-7-13(14(10)16)19(17,18)9-11-5-3-6-12(15)8-11/h2-8H,9,16H2,1H3. The van der Waals surface area contributed by atoms with Crippen molar-refractivity contribution in [3.63, 3.8) is 0 Å². The van der Waals surface area contributed by atoms with Gasteiger partial charge in [0.05, 0.1) is 16.3 Å². The predicted octanol–water partition coefficient (Wildman–Crippen LogP) is 3.20. The fourth-order valence-corrected chi connectivity index (χ4v) is 3.62. The highest BCUT2D eigenvalue weighted by atomic mass is 35.5. The summed E-state index contributed by atoms with van der Waals surface area (Å²) in [5.41, 5.74) is 7.56. The number of rotatable bonds is 3. The Balaban J connectivity index is 2.41. The van der Waals surface area contributed by atoms with Gasteiger partial charge in [-0.15, -0.1) is 0 Å². The van der Waals surface area contributed by atoms with E-state index in [0.29, 0.717) is 16.3 Å². The molecule has 0 saturated carbocycles. The first-order chi connectivity index (χ1) is 8.90. The molecular weight excluding hydrogens is 282 g/mol. The van der Waals surface area contributed by atoms with Crippen molar-refractivity contribution in [1.29, 1.82) is 0 Å². The van der Waals surface area contributed by atoms with Crippen molar-refractivity contribution >= 4 is 27.1 Å². The van der Waals surface area contributed by atoms with Crippen LogP contribution >= 0.6 is 11.6 Å². The van der Waals surface area contributed by atoms with E-state index in [9.17, 15) is 8.42 Å². The summed E-state index contributed by atoms with van der Waals surface area (Å²) in [7, 11) is -3.47. The second kappa shape index (κ2) is 5.23. The summed E-state index contributed by atoms with van der Waals surface area (Å²) in [6.07, 6.45) is 0. The molecule has 0 aliphatic rings. The molecule has 100 valence electrons. The van der Waals surface area contributed by atoms with Crippen LogP contribution in [0.5, 0.6) is 0 Å². The molecule has 0 aliphatic carbocycles. The minimum absolute atomic E-state index is 0.110. The van der Waals surface area contributed by atoms with Crippen LogP contribution < -0.4 is 5.73 Å². The number of sulfone groups is 1. The summed E-state index contributed by atoms with van der Waals surface area (Å²) in [6.45, 7) is 1.79. The molecule has 0 aliphatic heterocycles. The molecule has 0 spiro atoms. The van der Waals surface area contributed by atoms with Gasteiger partial charge in [0.15, 0.2) is 9.84 Å². The number of hydrogen-bond acceptors (Lipinski definition) is 3. The van der Waals surface area contributed by atoms with Gasteiger partial charge in [0.2, 0.25) is 0 Å². The van der Waals surface area contributed by atoms with Crippen molar-refractivity contribution in [3.05, 3.63) is 58.6 Å². The van der Waals surface area contributed by atoms with E-state index >= 15 is 0 Å². The number of hydrogen-bond donors (Lipinski definition) is 1. The molecule has 2 rings (SSSR count). The topological polar surface area (TPSA) is 60.2 Å². The van der Waals surface area contributed by atoms with Gasteiger partial charge in [0.1, 0.15) is 0 Å². The van der Waals surface area contributed by atoms with Gasteiger partial charge in [0, 0.05) is 5.02 Å². The third-order valence-electron chi connectivity index (χ3n) is 2.86. The molecule has 0 unspecified atom stereocenters. The summed E-state index contributed by atoms with van der Waals surface area (Å²) < 4.78 is 24.7. The van der Waals surface area contributed by atoms with Gasteiger partial charge in [-0.2, -0.15) is 0 Å². The Hall–Kier alpha value is -1.52. The lowest BCUT2D eigenvalue weighted by Gasteiger charge is -2.09. The highest BCUT2D eigenvalue weighted by Gasteiger charge is 2.19. The number of anilines is 1. The number of nitrogen functional groups attached to an aromatic ring is 1. The van der Waals surface area contributed by atoms with Gasteiger partial charge in [-0.05, 0) is 36.2 Å². The number of halogens is 1. The summed E-state index contributed by atoms with van der Waals surface area (Å²) >= 11 is 5.86. The van der Waals surface area contributed by atoms with Crippen LogP contribution in [0.2, 0.25) is 5.02 Å². The van der Waals surface area contributed by atoms with E-state index in [4.69, 9.17) is 17.3 Å². The molecule has 0 atom stereocenters. The first kappa shape index (κ1) is 13.9. The van der Waals surface area contributed by atoms with E-state index in [2.05, 4.69) is 0 Å². The third-order valence-corrected chi connectivity index (χ3v) is 4.84. The second-order valence-electron chi connectivity index (χ2n) is 4.38. The van der Waals surface area contributed by atoms with Crippen LogP contribution in [0.15, 0.2) is 47.4 Å². The average Bonchev–Trinajstić information content (AvgIpc) is 2.32. The lowest BCUT2D eigenvalue weighted by atomic mass is 10.2. The average molecular weight is 296 g/mol. The summed E-state index contributed by atoms with van der Waals surface area (Å²) in [6, 6.07) is 11.8. The van der Waals surface area contributed by atoms with Gasteiger partial charge < -0.3 is 5.73 Å². The number of para-hydroxylation sites is 1. The van der Waals surface area contributed by atoms with Gasteiger partial charge in [-0.1, -0.05) is 35.9 Å². The van der Waals surface area contributed by atoms with E-state index in [1.54, 1.807) is 43.3 Å². The Morgan fingerprint density at radius 1 is 1.16 bits per heavy atom. The van der Waals surface area contributed by atoms with Gasteiger partial charge in [-0.25, -0.2) is 8.42 Å². The number of benzene rings is 2. The molecule has 2 aromatic rings. The number of nitrogens with two attached hydrogens (primary N) is 1. The molecule has 0 fully saturated rings. The van der Waals surface area contributed by atoms with Crippen LogP contribution in [-0.2, 0) is 15.6 Å². The van der Waals surface area contributed by atoms with Crippen LogP contribution in [0.4, 0.5) is 5.69 Å². The van der Waals surface area contributed by atoms with Crippen molar-refractivity contribution in [2.24, 2.45) is 0 Å². The highest BCUT2D eigenvalue weighted by molar-refractivity contribution is 7.90. The Kier molecular flexibility index (Phi) is 3.83. The zero-order chi connectivity index (χ0) is 14.0. The molecule has 2 N–H and O–H groups in total. The van der Waals surface area contributed by atoms with Crippen molar-refractivity contribution in [1.82, 2.24) is 0 Å². The fourth-order valence-electron chi connectivity index (χ4n) is 1.85. The maximum atomic E-state index is 12.4. The summed E-state index contributed by atoms with van der Waals surface area (Å²) in [4.78, 5) is 0.174. The molecule has 3 nitrogen and oxygen atoms in total. The zero-order valence-electron chi connectivity index (χ0n) is 10.4. The third kappa shape index (κ3) is 3.08. The van der Waals surface area contributed by atoms with Crippen molar-refractivity contribution in [2.45, 2.75) is 17.6 Å². The van der Waals surface area contributed by atoms with Crippen LogP contribution in [0.1, 0.15) is 11.1 Å². The second-order valence-corrected chi connectivity index (χ2v) is 6.77. The minimum atomic E-state index is -3.47. The molecule has 0 aromatic heterocycles. The van der Waals surface area contributed by atoms with E-state index in [1.807, 2.05) is 0 Å². The first-order valence-corrected chi connectivity index (χ1v) is 7.75. The molecule has 2 aromatic carbocycles. The Bertz CT molecular complexity index is 711. The molecule has 0 saturated heterocycles.